The monoisotopic (exact) mass is 471 g/mol. The van der Waals surface area contributed by atoms with Crippen LogP contribution in [0.2, 0.25) is 0 Å². The van der Waals surface area contributed by atoms with Gasteiger partial charge in [-0.2, -0.15) is 0 Å². The number of aryl methyl sites for hydroxylation is 2. The molecule has 0 saturated heterocycles. The van der Waals surface area contributed by atoms with Gasteiger partial charge >= 0.3 is 5.97 Å². The van der Waals surface area contributed by atoms with Crippen LogP contribution >= 0.6 is 0 Å². The maximum absolute atomic E-state index is 14.6. The maximum Gasteiger partial charge on any atom is 0.352 e. The van der Waals surface area contributed by atoms with Gasteiger partial charge in [0.05, 0.1) is 11.4 Å². The van der Waals surface area contributed by atoms with Crippen molar-refractivity contribution < 1.29 is 24.2 Å². The number of halogens is 1. The average Bonchev–Trinajstić information content (AvgIpc) is 3.36. The molecular weight excluding hydrogens is 449 g/mol. The summed E-state index contributed by atoms with van der Waals surface area (Å²) < 4.78 is 14.6. The van der Waals surface area contributed by atoms with Crippen LogP contribution < -0.4 is 5.73 Å². The molecule has 0 aliphatic heterocycles. The van der Waals surface area contributed by atoms with Crippen LogP contribution in [0.5, 0.6) is 5.75 Å². The summed E-state index contributed by atoms with van der Waals surface area (Å²) in [5.41, 5.74) is 9.86. The SMILES string of the molecule is Cc1[nH]c2c(F)ccc(C)c2c1C(C(N)=O)c1c(C(=O)O)[nH]c2cc(-c3cccc(O)c3)ccc12. The number of carboxylic acids is 1. The van der Waals surface area contributed by atoms with E-state index in [1.54, 1.807) is 56.3 Å². The van der Waals surface area contributed by atoms with E-state index in [2.05, 4.69) is 9.97 Å². The largest absolute Gasteiger partial charge is 0.508 e. The molecule has 176 valence electrons. The molecule has 5 rings (SSSR count). The summed E-state index contributed by atoms with van der Waals surface area (Å²) in [4.78, 5) is 31.1. The van der Waals surface area contributed by atoms with Gasteiger partial charge in [-0.15, -0.1) is 0 Å². The lowest BCUT2D eigenvalue weighted by Gasteiger charge is -2.16. The highest BCUT2D eigenvalue weighted by Gasteiger charge is 2.33. The minimum atomic E-state index is -1.25. The van der Waals surface area contributed by atoms with Crippen LogP contribution in [0.25, 0.3) is 32.9 Å². The van der Waals surface area contributed by atoms with Crippen LogP contribution in [0.4, 0.5) is 4.39 Å². The molecule has 5 aromatic rings. The highest BCUT2D eigenvalue weighted by atomic mass is 19.1. The number of phenols is 1. The standard InChI is InChI=1S/C27H22FN3O4/c1-12-6-9-18(28)24-20(12)21(13(2)30-24)23(26(29)33)22-17-8-7-15(14-4-3-5-16(32)10-14)11-19(17)31-25(22)27(34)35/h3-11,23,30-32H,1-2H3,(H2,29,33)(H,34,35). The van der Waals surface area contributed by atoms with E-state index in [4.69, 9.17) is 5.73 Å². The molecule has 0 spiro atoms. The molecule has 0 aliphatic carbocycles. The van der Waals surface area contributed by atoms with E-state index in [1.807, 2.05) is 6.07 Å². The first-order chi connectivity index (χ1) is 16.7. The molecule has 0 aliphatic rings. The molecule has 8 heteroatoms. The van der Waals surface area contributed by atoms with Crippen molar-refractivity contribution in [1.82, 2.24) is 9.97 Å². The Kier molecular flexibility index (Phi) is 5.09. The van der Waals surface area contributed by atoms with Gasteiger partial charge in [-0.25, -0.2) is 9.18 Å². The van der Waals surface area contributed by atoms with Gasteiger partial charge in [0.2, 0.25) is 5.91 Å². The van der Waals surface area contributed by atoms with Crippen molar-refractivity contribution in [2.45, 2.75) is 19.8 Å². The van der Waals surface area contributed by atoms with Crippen LogP contribution in [0, 0.1) is 19.7 Å². The third kappa shape index (κ3) is 3.50. The summed E-state index contributed by atoms with van der Waals surface area (Å²) >= 11 is 0. The number of fused-ring (bicyclic) bond motifs is 2. The van der Waals surface area contributed by atoms with E-state index >= 15 is 0 Å². The number of phenolic OH excluding ortho intramolecular Hbond substituents is 1. The zero-order valence-corrected chi connectivity index (χ0v) is 18.9. The lowest BCUT2D eigenvalue weighted by atomic mass is 9.85. The number of hydrogen-bond donors (Lipinski definition) is 5. The number of aromatic hydroxyl groups is 1. The molecule has 0 fully saturated rings. The lowest BCUT2D eigenvalue weighted by molar-refractivity contribution is -0.118. The van der Waals surface area contributed by atoms with E-state index in [1.165, 1.54) is 6.07 Å². The predicted octanol–water partition coefficient (Wildman–Crippen LogP) is 5.09. The van der Waals surface area contributed by atoms with Gasteiger partial charge in [-0.05, 0) is 60.4 Å². The smallest absolute Gasteiger partial charge is 0.352 e. The van der Waals surface area contributed by atoms with Crippen LogP contribution in [0.1, 0.15) is 38.8 Å². The fourth-order valence-electron chi connectivity index (χ4n) is 4.94. The second-order valence-electron chi connectivity index (χ2n) is 8.64. The van der Waals surface area contributed by atoms with E-state index in [0.29, 0.717) is 27.5 Å². The molecule has 2 aromatic heterocycles. The number of H-pyrrole nitrogens is 2. The Morgan fingerprint density at radius 2 is 1.71 bits per heavy atom. The minimum absolute atomic E-state index is 0.104. The second kappa shape index (κ2) is 8.02. The van der Waals surface area contributed by atoms with E-state index in [9.17, 15) is 24.2 Å². The predicted molar refractivity (Wildman–Crippen MR) is 131 cm³/mol. The molecular formula is C27H22FN3O4. The summed E-state index contributed by atoms with van der Waals surface area (Å²) in [6.45, 7) is 3.50. The number of aromatic amines is 2. The van der Waals surface area contributed by atoms with E-state index < -0.39 is 23.6 Å². The minimum Gasteiger partial charge on any atom is -0.508 e. The van der Waals surface area contributed by atoms with Crippen molar-refractivity contribution in [3.8, 4) is 16.9 Å². The quantitative estimate of drug-likeness (QED) is 0.244. The fraction of sp³-hybridized carbons (Fsp3) is 0.111. The van der Waals surface area contributed by atoms with Gasteiger partial charge < -0.3 is 25.9 Å². The first-order valence-electron chi connectivity index (χ1n) is 10.9. The summed E-state index contributed by atoms with van der Waals surface area (Å²) in [7, 11) is 0. The lowest BCUT2D eigenvalue weighted by Crippen LogP contribution is -2.24. The summed E-state index contributed by atoms with van der Waals surface area (Å²) in [6, 6.07) is 14.9. The number of aromatic nitrogens is 2. The van der Waals surface area contributed by atoms with Gasteiger partial charge in [0.15, 0.2) is 0 Å². The molecule has 35 heavy (non-hydrogen) atoms. The van der Waals surface area contributed by atoms with Crippen molar-refractivity contribution in [3.05, 3.63) is 88.5 Å². The molecule has 0 radical (unpaired) electrons. The highest BCUT2D eigenvalue weighted by molar-refractivity contribution is 6.05. The highest BCUT2D eigenvalue weighted by Crippen LogP contribution is 2.41. The average molecular weight is 471 g/mol. The first-order valence-corrected chi connectivity index (χ1v) is 10.9. The summed E-state index contributed by atoms with van der Waals surface area (Å²) in [6.07, 6.45) is 0. The molecule has 2 heterocycles. The Balaban J connectivity index is 1.80. The number of aromatic carboxylic acids is 1. The zero-order chi connectivity index (χ0) is 25.0. The van der Waals surface area contributed by atoms with Crippen LogP contribution in [-0.2, 0) is 4.79 Å². The molecule has 6 N–H and O–H groups in total. The molecule has 1 amide bonds. The Labute approximate surface area is 199 Å². The van der Waals surface area contributed by atoms with Gasteiger partial charge in [-0.3, -0.25) is 4.79 Å². The maximum atomic E-state index is 14.6. The molecule has 0 bridgehead atoms. The number of rotatable bonds is 5. The summed E-state index contributed by atoms with van der Waals surface area (Å²) in [5.74, 6) is -3.51. The molecule has 1 unspecified atom stereocenters. The molecule has 7 nitrogen and oxygen atoms in total. The summed E-state index contributed by atoms with van der Waals surface area (Å²) in [5, 5.41) is 20.9. The van der Waals surface area contributed by atoms with E-state index in [-0.39, 0.29) is 22.5 Å². The van der Waals surface area contributed by atoms with Crippen LogP contribution in [0.15, 0.2) is 54.6 Å². The van der Waals surface area contributed by atoms with Gasteiger partial charge in [0, 0.05) is 27.5 Å². The molecule has 0 saturated carbocycles. The third-order valence-electron chi connectivity index (χ3n) is 6.44. The Bertz CT molecular complexity index is 1660. The Morgan fingerprint density at radius 3 is 2.40 bits per heavy atom. The van der Waals surface area contributed by atoms with Crippen molar-refractivity contribution in [3.63, 3.8) is 0 Å². The first kappa shape index (κ1) is 22.2. The number of benzene rings is 3. The number of nitrogens with two attached hydrogens (primary N) is 1. The van der Waals surface area contributed by atoms with Crippen molar-refractivity contribution in [1.29, 1.82) is 0 Å². The number of primary amides is 1. The topological polar surface area (TPSA) is 132 Å². The van der Waals surface area contributed by atoms with Crippen molar-refractivity contribution in [2.24, 2.45) is 5.73 Å². The van der Waals surface area contributed by atoms with E-state index in [0.717, 1.165) is 16.7 Å². The van der Waals surface area contributed by atoms with Crippen molar-refractivity contribution >= 4 is 33.7 Å². The van der Waals surface area contributed by atoms with Crippen molar-refractivity contribution in [2.75, 3.05) is 0 Å². The second-order valence-corrected chi connectivity index (χ2v) is 8.64. The molecule has 1 atom stereocenters. The Morgan fingerprint density at radius 1 is 0.971 bits per heavy atom. The fourth-order valence-corrected chi connectivity index (χ4v) is 4.94. The number of carbonyl (C=O) groups is 2. The Hall–Kier alpha value is -4.59. The normalized spacial score (nSPS) is 12.3. The number of carboxylic acid groups (broad SMARTS) is 1. The number of hydrogen-bond acceptors (Lipinski definition) is 3. The number of carbonyl (C=O) groups excluding carboxylic acids is 1. The zero-order valence-electron chi connectivity index (χ0n) is 18.9. The van der Waals surface area contributed by atoms with Gasteiger partial charge in [0.25, 0.3) is 0 Å². The third-order valence-corrected chi connectivity index (χ3v) is 6.44. The molecule has 3 aromatic carbocycles. The van der Waals surface area contributed by atoms with Crippen LogP contribution in [-0.4, -0.2) is 32.1 Å². The number of nitrogens with one attached hydrogen (secondary N) is 2. The van der Waals surface area contributed by atoms with Gasteiger partial charge in [-0.1, -0.05) is 30.3 Å². The van der Waals surface area contributed by atoms with Gasteiger partial charge in [0.1, 0.15) is 17.3 Å². The van der Waals surface area contributed by atoms with Crippen LogP contribution in [0.3, 0.4) is 0 Å². The number of amides is 1.